The molecule has 2 aromatic rings. The van der Waals surface area contributed by atoms with E-state index in [1.54, 1.807) is 0 Å². The molecule has 31 heavy (non-hydrogen) atoms. The molecule has 4 heterocycles. The molecule has 0 N–H and O–H groups in total. The van der Waals surface area contributed by atoms with Crippen molar-refractivity contribution in [2.75, 3.05) is 46.0 Å². The van der Waals surface area contributed by atoms with E-state index in [9.17, 15) is 4.79 Å². The van der Waals surface area contributed by atoms with Gasteiger partial charge in [0.2, 0.25) is 5.89 Å². The second kappa shape index (κ2) is 8.24. The molecule has 166 valence electrons. The van der Waals surface area contributed by atoms with Crippen molar-refractivity contribution in [3.8, 4) is 5.75 Å². The molecular weight excluding hydrogens is 396 g/mol. The first-order valence-corrected chi connectivity index (χ1v) is 11.1. The fourth-order valence-corrected chi connectivity index (χ4v) is 5.37. The van der Waals surface area contributed by atoms with Crippen molar-refractivity contribution < 1.29 is 18.8 Å². The second-order valence-electron chi connectivity index (χ2n) is 9.15. The minimum atomic E-state index is -0.307. The summed E-state index contributed by atoms with van der Waals surface area (Å²) < 4.78 is 17.0. The van der Waals surface area contributed by atoms with E-state index in [0.717, 1.165) is 50.5 Å². The van der Waals surface area contributed by atoms with E-state index in [-0.39, 0.29) is 23.8 Å². The predicted molar refractivity (Wildman–Crippen MR) is 113 cm³/mol. The first-order valence-electron chi connectivity index (χ1n) is 11.1. The van der Waals surface area contributed by atoms with E-state index in [4.69, 9.17) is 14.0 Å². The molecule has 0 aliphatic carbocycles. The first kappa shape index (κ1) is 20.5. The number of amides is 1. The monoisotopic (exact) mass is 426 g/mol. The summed E-state index contributed by atoms with van der Waals surface area (Å²) in [6.45, 7) is 8.60. The molecule has 3 saturated heterocycles. The average Bonchev–Trinajstić information content (AvgIpc) is 3.45. The summed E-state index contributed by atoms with van der Waals surface area (Å²) in [6.07, 6.45) is 2.11. The quantitative estimate of drug-likeness (QED) is 0.723. The van der Waals surface area contributed by atoms with Crippen LogP contribution in [-0.4, -0.2) is 77.9 Å². The Kier molecular flexibility index (Phi) is 5.44. The van der Waals surface area contributed by atoms with Gasteiger partial charge in [-0.2, -0.15) is 4.98 Å². The Hall–Kier alpha value is -2.45. The van der Waals surface area contributed by atoms with Crippen LogP contribution < -0.4 is 4.74 Å². The molecule has 0 spiro atoms. The molecule has 3 fully saturated rings. The van der Waals surface area contributed by atoms with E-state index in [0.29, 0.717) is 30.8 Å². The topological polar surface area (TPSA) is 80.9 Å². The molecular formula is C23H30N4O4. The summed E-state index contributed by atoms with van der Waals surface area (Å²) in [7, 11) is 0. The Morgan fingerprint density at radius 3 is 2.81 bits per heavy atom. The number of hydrogen-bond donors (Lipinski definition) is 0. The molecule has 1 aromatic carbocycles. The predicted octanol–water partition coefficient (Wildman–Crippen LogP) is 1.96. The van der Waals surface area contributed by atoms with E-state index >= 15 is 0 Å². The average molecular weight is 427 g/mol. The van der Waals surface area contributed by atoms with Crippen molar-refractivity contribution in [3.63, 3.8) is 0 Å². The van der Waals surface area contributed by atoms with Crippen LogP contribution in [0, 0.1) is 19.8 Å². The molecule has 0 bridgehead atoms. The molecule has 3 aliphatic heterocycles. The number of nitrogens with zero attached hydrogens (tertiary/aromatic N) is 4. The molecule has 2 unspecified atom stereocenters. The maximum atomic E-state index is 13.0. The fourth-order valence-electron chi connectivity index (χ4n) is 5.37. The summed E-state index contributed by atoms with van der Waals surface area (Å²) in [5.74, 6) is 2.31. The fraction of sp³-hybridized carbons (Fsp3) is 0.609. The van der Waals surface area contributed by atoms with Crippen molar-refractivity contribution in [2.45, 2.75) is 38.1 Å². The summed E-state index contributed by atoms with van der Waals surface area (Å²) in [5, 5.41) is 4.06. The van der Waals surface area contributed by atoms with Crippen LogP contribution in [0.15, 0.2) is 28.8 Å². The summed E-state index contributed by atoms with van der Waals surface area (Å²) >= 11 is 0. The van der Waals surface area contributed by atoms with Gasteiger partial charge >= 0.3 is 0 Å². The third-order valence-corrected chi connectivity index (χ3v) is 7.00. The van der Waals surface area contributed by atoms with Gasteiger partial charge in [0.1, 0.15) is 5.75 Å². The minimum absolute atomic E-state index is 0.00383. The van der Waals surface area contributed by atoms with Gasteiger partial charge in [-0.25, -0.2) is 0 Å². The Morgan fingerprint density at radius 1 is 1.23 bits per heavy atom. The number of benzene rings is 1. The Morgan fingerprint density at radius 2 is 2.06 bits per heavy atom. The Labute approximate surface area is 182 Å². The van der Waals surface area contributed by atoms with E-state index in [1.165, 1.54) is 0 Å². The van der Waals surface area contributed by atoms with Gasteiger partial charge in [0.05, 0.1) is 5.41 Å². The van der Waals surface area contributed by atoms with Crippen molar-refractivity contribution in [2.24, 2.45) is 5.92 Å². The lowest BCUT2D eigenvalue weighted by atomic mass is 9.81. The maximum Gasteiger partial charge on any atom is 0.260 e. The molecule has 8 heteroatoms. The Balaban J connectivity index is 1.31. The lowest BCUT2D eigenvalue weighted by Crippen LogP contribution is -2.44. The van der Waals surface area contributed by atoms with E-state index in [1.807, 2.05) is 43.0 Å². The lowest BCUT2D eigenvalue weighted by molar-refractivity contribution is -0.132. The van der Waals surface area contributed by atoms with Gasteiger partial charge in [0, 0.05) is 51.4 Å². The Bertz CT molecular complexity index is 941. The van der Waals surface area contributed by atoms with Crippen LogP contribution in [0.1, 0.15) is 30.1 Å². The van der Waals surface area contributed by atoms with Gasteiger partial charge in [0.15, 0.2) is 12.4 Å². The standard InChI is InChI=1S/C23H30N4O4/c1-16-4-3-5-20(10-16)30-13-21(28)27-12-18-11-26(19-6-8-29-9-7-19)14-23(18,15-27)22-24-17(2)25-31-22/h3-5,10,18-19H,6-9,11-15H2,1-2H3. The van der Waals surface area contributed by atoms with Crippen LogP contribution in [-0.2, 0) is 14.9 Å². The van der Waals surface area contributed by atoms with Gasteiger partial charge in [-0.15, -0.1) is 0 Å². The van der Waals surface area contributed by atoms with Gasteiger partial charge < -0.3 is 18.9 Å². The van der Waals surface area contributed by atoms with E-state index in [2.05, 4.69) is 15.0 Å². The van der Waals surface area contributed by atoms with Gasteiger partial charge in [-0.1, -0.05) is 17.3 Å². The summed E-state index contributed by atoms with van der Waals surface area (Å²) in [4.78, 5) is 22.1. The number of fused-ring (bicyclic) bond motifs is 1. The molecule has 1 amide bonds. The summed E-state index contributed by atoms with van der Waals surface area (Å²) in [5.41, 5.74) is 0.804. The number of ether oxygens (including phenoxy) is 2. The number of aryl methyl sites for hydroxylation is 2. The number of carbonyl (C=O) groups is 1. The number of rotatable bonds is 5. The highest BCUT2D eigenvalue weighted by Crippen LogP contribution is 2.45. The van der Waals surface area contributed by atoms with Crippen LogP contribution in [0.5, 0.6) is 5.75 Å². The smallest absolute Gasteiger partial charge is 0.260 e. The van der Waals surface area contributed by atoms with Crippen LogP contribution in [0.3, 0.4) is 0 Å². The lowest BCUT2D eigenvalue weighted by Gasteiger charge is -2.33. The number of aromatic nitrogens is 2. The molecule has 8 nitrogen and oxygen atoms in total. The third-order valence-electron chi connectivity index (χ3n) is 7.00. The number of carbonyl (C=O) groups excluding carboxylic acids is 1. The van der Waals surface area contributed by atoms with Crippen molar-refractivity contribution in [1.29, 1.82) is 0 Å². The molecule has 5 rings (SSSR count). The number of likely N-dealkylation sites (tertiary alicyclic amines) is 2. The maximum absolute atomic E-state index is 13.0. The largest absolute Gasteiger partial charge is 0.484 e. The number of hydrogen-bond acceptors (Lipinski definition) is 7. The highest BCUT2D eigenvalue weighted by molar-refractivity contribution is 5.78. The first-order chi connectivity index (χ1) is 15.0. The van der Waals surface area contributed by atoms with Crippen molar-refractivity contribution in [1.82, 2.24) is 19.9 Å². The van der Waals surface area contributed by atoms with Crippen LogP contribution in [0.2, 0.25) is 0 Å². The van der Waals surface area contributed by atoms with Gasteiger partial charge in [-0.3, -0.25) is 9.69 Å². The van der Waals surface area contributed by atoms with Gasteiger partial charge in [-0.05, 0) is 44.4 Å². The van der Waals surface area contributed by atoms with Crippen molar-refractivity contribution >= 4 is 5.91 Å². The zero-order valence-corrected chi connectivity index (χ0v) is 18.2. The molecule has 0 saturated carbocycles. The second-order valence-corrected chi connectivity index (χ2v) is 9.15. The molecule has 2 atom stereocenters. The highest BCUT2D eigenvalue weighted by atomic mass is 16.5. The normalized spacial score (nSPS) is 26.9. The van der Waals surface area contributed by atoms with Gasteiger partial charge in [0.25, 0.3) is 5.91 Å². The van der Waals surface area contributed by atoms with E-state index < -0.39 is 0 Å². The van der Waals surface area contributed by atoms with Crippen LogP contribution in [0.25, 0.3) is 0 Å². The molecule has 1 aromatic heterocycles. The molecule has 0 radical (unpaired) electrons. The minimum Gasteiger partial charge on any atom is -0.484 e. The van der Waals surface area contributed by atoms with Crippen LogP contribution in [0.4, 0.5) is 0 Å². The summed E-state index contributed by atoms with van der Waals surface area (Å²) in [6, 6.07) is 8.30. The van der Waals surface area contributed by atoms with Crippen LogP contribution >= 0.6 is 0 Å². The van der Waals surface area contributed by atoms with Crippen molar-refractivity contribution in [3.05, 3.63) is 41.5 Å². The zero-order valence-electron chi connectivity index (χ0n) is 18.2. The zero-order chi connectivity index (χ0) is 21.4. The highest BCUT2D eigenvalue weighted by Gasteiger charge is 2.58. The molecule has 3 aliphatic rings. The SMILES string of the molecule is Cc1cccc(OCC(=O)N2CC3CN(C4CCOCC4)CC3(c3nc(C)no3)C2)c1. The third kappa shape index (κ3) is 3.94.